The van der Waals surface area contributed by atoms with Gasteiger partial charge in [-0.05, 0) is 71.8 Å². The highest BCUT2D eigenvalue weighted by atomic mass is 15.1. The SMILES string of the molecule is N#Cc1ccc2c(c1)c1ccccc1n2-c1ccc(-c2cccc3c2c2ccccc2n3-c2ccccc2)cc1-c1nc(-c2ccccc2)nc(-c2ccccc2)n1. The van der Waals surface area contributed by atoms with Gasteiger partial charge in [-0.2, -0.15) is 5.26 Å². The van der Waals surface area contributed by atoms with Crippen molar-refractivity contribution in [3.63, 3.8) is 0 Å². The minimum absolute atomic E-state index is 0.558. The molecule has 0 amide bonds. The van der Waals surface area contributed by atoms with Crippen LogP contribution >= 0.6 is 0 Å². The molecule has 11 aromatic rings. The van der Waals surface area contributed by atoms with Gasteiger partial charge in [0.15, 0.2) is 17.5 Å². The maximum Gasteiger partial charge on any atom is 0.166 e. The summed E-state index contributed by atoms with van der Waals surface area (Å²) in [7, 11) is 0. The van der Waals surface area contributed by atoms with Gasteiger partial charge in [0.2, 0.25) is 0 Å². The summed E-state index contributed by atoms with van der Waals surface area (Å²) in [6.45, 7) is 0. The predicted octanol–water partition coefficient (Wildman–Crippen LogP) is 12.6. The van der Waals surface area contributed by atoms with Crippen molar-refractivity contribution < 1.29 is 0 Å². The molecular formula is C52H32N6. The third-order valence-corrected chi connectivity index (χ3v) is 11.0. The van der Waals surface area contributed by atoms with Crippen LogP contribution in [0, 0.1) is 11.3 Å². The molecule has 0 spiro atoms. The van der Waals surface area contributed by atoms with Crippen molar-refractivity contribution in [2.45, 2.75) is 0 Å². The van der Waals surface area contributed by atoms with Crippen molar-refractivity contribution in [1.29, 1.82) is 5.26 Å². The van der Waals surface area contributed by atoms with E-state index in [1.807, 2.05) is 84.9 Å². The summed E-state index contributed by atoms with van der Waals surface area (Å²) in [5, 5.41) is 14.3. The monoisotopic (exact) mass is 740 g/mol. The molecule has 0 saturated carbocycles. The van der Waals surface area contributed by atoms with Crippen molar-refractivity contribution in [2.24, 2.45) is 0 Å². The number of fused-ring (bicyclic) bond motifs is 6. The fraction of sp³-hybridized carbons (Fsp3) is 0. The van der Waals surface area contributed by atoms with Gasteiger partial charge in [0.25, 0.3) is 0 Å². The second kappa shape index (κ2) is 13.6. The van der Waals surface area contributed by atoms with Gasteiger partial charge in [0, 0.05) is 43.9 Å². The zero-order valence-corrected chi connectivity index (χ0v) is 31.2. The molecule has 0 fully saturated rings. The van der Waals surface area contributed by atoms with E-state index in [9.17, 15) is 5.26 Å². The first kappa shape index (κ1) is 33.2. The number of hydrogen-bond acceptors (Lipinski definition) is 4. The fourth-order valence-electron chi connectivity index (χ4n) is 8.42. The predicted molar refractivity (Wildman–Crippen MR) is 235 cm³/mol. The molecule has 3 heterocycles. The Kier molecular flexibility index (Phi) is 7.76. The van der Waals surface area contributed by atoms with Crippen LogP contribution in [0.1, 0.15) is 5.56 Å². The lowest BCUT2D eigenvalue weighted by molar-refractivity contribution is 1.06. The summed E-state index contributed by atoms with van der Waals surface area (Å²) in [6, 6.07) is 69.2. The number of nitriles is 1. The Labute approximate surface area is 334 Å². The van der Waals surface area contributed by atoms with Crippen LogP contribution in [0.5, 0.6) is 0 Å². The third-order valence-electron chi connectivity index (χ3n) is 11.0. The Morgan fingerprint density at radius 1 is 0.379 bits per heavy atom. The molecule has 3 aromatic heterocycles. The quantitative estimate of drug-likeness (QED) is 0.170. The van der Waals surface area contributed by atoms with Gasteiger partial charge < -0.3 is 9.13 Å². The second-order valence-electron chi connectivity index (χ2n) is 14.4. The van der Waals surface area contributed by atoms with Crippen LogP contribution < -0.4 is 0 Å². The van der Waals surface area contributed by atoms with Crippen LogP contribution in [-0.2, 0) is 0 Å². The highest BCUT2D eigenvalue weighted by molar-refractivity contribution is 6.16. The molecule has 8 aromatic carbocycles. The van der Waals surface area contributed by atoms with E-state index in [2.05, 4.69) is 124 Å². The molecule has 0 N–H and O–H groups in total. The first-order valence-electron chi connectivity index (χ1n) is 19.3. The lowest BCUT2D eigenvalue weighted by Gasteiger charge is -2.17. The number of hydrogen-bond donors (Lipinski definition) is 0. The van der Waals surface area contributed by atoms with Crippen molar-refractivity contribution in [2.75, 3.05) is 0 Å². The first-order chi connectivity index (χ1) is 28.7. The smallest absolute Gasteiger partial charge is 0.166 e. The van der Waals surface area contributed by atoms with E-state index in [1.54, 1.807) is 0 Å². The van der Waals surface area contributed by atoms with Crippen LogP contribution in [0.15, 0.2) is 194 Å². The highest BCUT2D eigenvalue weighted by Crippen LogP contribution is 2.42. The topological polar surface area (TPSA) is 72.3 Å². The Morgan fingerprint density at radius 2 is 0.948 bits per heavy atom. The molecule has 270 valence electrons. The Hall–Kier alpha value is -8.14. The van der Waals surface area contributed by atoms with Crippen molar-refractivity contribution >= 4 is 43.6 Å². The van der Waals surface area contributed by atoms with E-state index >= 15 is 0 Å². The van der Waals surface area contributed by atoms with Gasteiger partial charge in [-0.25, -0.2) is 15.0 Å². The summed E-state index contributed by atoms with van der Waals surface area (Å²) in [5.74, 6) is 1.74. The van der Waals surface area contributed by atoms with Gasteiger partial charge >= 0.3 is 0 Å². The molecule has 0 aliphatic heterocycles. The molecule has 0 atom stereocenters. The lowest BCUT2D eigenvalue weighted by Crippen LogP contribution is -2.04. The van der Waals surface area contributed by atoms with Crippen molar-refractivity contribution in [3.8, 4) is 62.7 Å². The summed E-state index contributed by atoms with van der Waals surface area (Å²) in [4.78, 5) is 15.6. The normalized spacial score (nSPS) is 11.4. The zero-order chi connectivity index (χ0) is 38.6. The Morgan fingerprint density at radius 3 is 1.64 bits per heavy atom. The number of aromatic nitrogens is 5. The van der Waals surface area contributed by atoms with Crippen molar-refractivity contribution in [3.05, 3.63) is 200 Å². The molecule has 0 aliphatic rings. The maximum atomic E-state index is 9.89. The summed E-state index contributed by atoms with van der Waals surface area (Å²) >= 11 is 0. The van der Waals surface area contributed by atoms with Gasteiger partial charge in [-0.3, -0.25) is 0 Å². The molecule has 6 heteroatoms. The molecule has 0 radical (unpaired) electrons. The molecule has 0 aliphatic carbocycles. The van der Waals surface area contributed by atoms with Gasteiger partial charge in [0.1, 0.15) is 0 Å². The van der Waals surface area contributed by atoms with Crippen molar-refractivity contribution in [1.82, 2.24) is 24.1 Å². The fourth-order valence-corrected chi connectivity index (χ4v) is 8.42. The molecule has 58 heavy (non-hydrogen) atoms. The average molecular weight is 741 g/mol. The average Bonchev–Trinajstić information content (AvgIpc) is 3.82. The number of nitrogens with zero attached hydrogens (tertiary/aromatic N) is 6. The van der Waals surface area contributed by atoms with E-state index in [0.717, 1.165) is 72.0 Å². The van der Waals surface area contributed by atoms with E-state index in [0.29, 0.717) is 23.0 Å². The van der Waals surface area contributed by atoms with Crippen LogP contribution in [0.2, 0.25) is 0 Å². The minimum atomic E-state index is 0.558. The number of para-hydroxylation sites is 3. The van der Waals surface area contributed by atoms with Gasteiger partial charge in [-0.1, -0.05) is 133 Å². The maximum absolute atomic E-state index is 9.89. The van der Waals surface area contributed by atoms with Crippen LogP contribution in [0.25, 0.3) is 100 Å². The number of benzene rings is 8. The minimum Gasteiger partial charge on any atom is -0.309 e. The van der Waals surface area contributed by atoms with E-state index in [1.165, 1.54) is 10.8 Å². The van der Waals surface area contributed by atoms with Crippen LogP contribution in [-0.4, -0.2) is 24.1 Å². The molecule has 0 saturated heterocycles. The molecule has 11 rings (SSSR count). The molecule has 6 nitrogen and oxygen atoms in total. The number of rotatable bonds is 6. The van der Waals surface area contributed by atoms with Crippen LogP contribution in [0.4, 0.5) is 0 Å². The van der Waals surface area contributed by atoms with Gasteiger partial charge in [0.05, 0.1) is 39.4 Å². The third kappa shape index (κ3) is 5.37. The molecular weight excluding hydrogens is 709 g/mol. The largest absolute Gasteiger partial charge is 0.309 e. The molecule has 0 unspecified atom stereocenters. The van der Waals surface area contributed by atoms with Gasteiger partial charge in [-0.15, -0.1) is 0 Å². The van der Waals surface area contributed by atoms with E-state index in [-0.39, 0.29) is 0 Å². The second-order valence-corrected chi connectivity index (χ2v) is 14.4. The van der Waals surface area contributed by atoms with Crippen LogP contribution in [0.3, 0.4) is 0 Å². The Bertz CT molecular complexity index is 3340. The molecule has 0 bridgehead atoms. The summed E-state index contributed by atoms with van der Waals surface area (Å²) in [5.41, 5.74) is 11.7. The summed E-state index contributed by atoms with van der Waals surface area (Å²) < 4.78 is 4.63. The first-order valence-corrected chi connectivity index (χ1v) is 19.3. The van der Waals surface area contributed by atoms with E-state index < -0.39 is 0 Å². The zero-order valence-electron chi connectivity index (χ0n) is 31.2. The lowest BCUT2D eigenvalue weighted by atomic mass is 9.96. The highest BCUT2D eigenvalue weighted by Gasteiger charge is 2.22. The standard InChI is InChI=1S/C52H32N6/c53-33-34-27-29-46-42(31-34)40-21-10-12-24-44(40)58(46)47-30-28-37(39-23-14-26-48-49(39)41-22-11-13-25-45(41)57(48)38-19-8-3-9-20-38)32-43(47)52-55-50(35-15-4-1-5-16-35)54-51(56-52)36-17-6-2-7-18-36/h1-32H. The Balaban J connectivity index is 1.24. The summed E-state index contributed by atoms with van der Waals surface area (Å²) in [6.07, 6.45) is 0. The van der Waals surface area contributed by atoms with E-state index in [4.69, 9.17) is 15.0 Å².